The average Bonchev–Trinajstić information content (AvgIpc) is 2.99. The van der Waals surface area contributed by atoms with Crippen LogP contribution in [-0.2, 0) is 27.2 Å². The van der Waals surface area contributed by atoms with Crippen LogP contribution in [-0.4, -0.2) is 53.9 Å². The second kappa shape index (κ2) is 8.58. The normalized spacial score (nSPS) is 18.0. The number of rotatable bonds is 7. The minimum Gasteiger partial charge on any atom is -0.381 e. The van der Waals surface area contributed by atoms with Crippen LogP contribution in [0, 0.1) is 0 Å². The average molecular weight is 352 g/mol. The Labute approximate surface area is 146 Å². The SMILES string of the molecule is CCOCCc1nc(-c2ccc(Cl)cc2)nn1C[C@H]1COCCO1. The summed E-state index contributed by atoms with van der Waals surface area (Å²) in [6.07, 6.45) is 0.714. The molecule has 0 spiro atoms. The molecule has 1 fully saturated rings. The predicted molar refractivity (Wildman–Crippen MR) is 91.2 cm³/mol. The van der Waals surface area contributed by atoms with Gasteiger partial charge in [-0.05, 0) is 31.2 Å². The highest BCUT2D eigenvalue weighted by molar-refractivity contribution is 6.30. The topological polar surface area (TPSA) is 58.4 Å². The summed E-state index contributed by atoms with van der Waals surface area (Å²) in [5.41, 5.74) is 0.941. The van der Waals surface area contributed by atoms with E-state index in [0.717, 1.165) is 11.4 Å². The number of nitrogens with zero attached hydrogens (tertiary/aromatic N) is 3. The second-order valence-corrected chi connectivity index (χ2v) is 5.99. The van der Waals surface area contributed by atoms with Crippen molar-refractivity contribution < 1.29 is 14.2 Å². The fourth-order valence-corrected chi connectivity index (χ4v) is 2.70. The summed E-state index contributed by atoms with van der Waals surface area (Å²) >= 11 is 5.96. The summed E-state index contributed by atoms with van der Waals surface area (Å²) in [7, 11) is 0. The Morgan fingerprint density at radius 3 is 2.83 bits per heavy atom. The van der Waals surface area contributed by atoms with Crippen LogP contribution >= 0.6 is 11.6 Å². The maximum Gasteiger partial charge on any atom is 0.181 e. The van der Waals surface area contributed by atoms with Crippen molar-refractivity contribution in [3.05, 3.63) is 35.1 Å². The molecule has 1 aliphatic heterocycles. The Bertz CT molecular complexity index is 639. The second-order valence-electron chi connectivity index (χ2n) is 5.56. The van der Waals surface area contributed by atoms with E-state index in [1.54, 1.807) is 0 Å². The van der Waals surface area contributed by atoms with Gasteiger partial charge in [0, 0.05) is 23.6 Å². The van der Waals surface area contributed by atoms with Crippen molar-refractivity contribution in [2.24, 2.45) is 0 Å². The molecule has 1 aliphatic rings. The van der Waals surface area contributed by atoms with Gasteiger partial charge in [-0.25, -0.2) is 9.67 Å². The van der Waals surface area contributed by atoms with Crippen LogP contribution in [0.2, 0.25) is 5.02 Å². The molecule has 1 aromatic carbocycles. The minimum absolute atomic E-state index is 0.00404. The highest BCUT2D eigenvalue weighted by Gasteiger charge is 2.19. The molecule has 0 amide bonds. The van der Waals surface area contributed by atoms with E-state index in [1.807, 2.05) is 35.9 Å². The zero-order chi connectivity index (χ0) is 16.8. The summed E-state index contributed by atoms with van der Waals surface area (Å²) in [6.45, 7) is 5.79. The van der Waals surface area contributed by atoms with Gasteiger partial charge in [0.15, 0.2) is 5.82 Å². The maximum atomic E-state index is 5.96. The van der Waals surface area contributed by atoms with Crippen molar-refractivity contribution in [3.8, 4) is 11.4 Å². The zero-order valence-corrected chi connectivity index (χ0v) is 14.5. The van der Waals surface area contributed by atoms with Gasteiger partial charge in [-0.3, -0.25) is 0 Å². The molecule has 2 aromatic rings. The summed E-state index contributed by atoms with van der Waals surface area (Å²) < 4.78 is 18.6. The fraction of sp³-hybridized carbons (Fsp3) is 0.529. The molecule has 2 heterocycles. The van der Waals surface area contributed by atoms with Gasteiger partial charge in [-0.15, -0.1) is 0 Å². The highest BCUT2D eigenvalue weighted by Crippen LogP contribution is 2.19. The van der Waals surface area contributed by atoms with Gasteiger partial charge in [0.2, 0.25) is 0 Å². The standard InChI is InChI=1S/C17H22ClN3O3/c1-2-22-8-7-16-19-17(13-3-5-14(18)6-4-13)20-21(16)11-15-12-23-9-10-24-15/h3-6,15H,2,7-12H2,1H3/t15-/m0/s1. The molecule has 0 radical (unpaired) electrons. The number of aromatic nitrogens is 3. The van der Waals surface area contributed by atoms with Gasteiger partial charge in [-0.1, -0.05) is 11.6 Å². The quantitative estimate of drug-likeness (QED) is 0.718. The number of halogens is 1. The van der Waals surface area contributed by atoms with Crippen LogP contribution < -0.4 is 0 Å². The molecule has 7 heteroatoms. The first-order valence-electron chi connectivity index (χ1n) is 8.23. The number of benzene rings is 1. The maximum absolute atomic E-state index is 5.96. The lowest BCUT2D eigenvalue weighted by molar-refractivity contribution is -0.0949. The number of hydrogen-bond acceptors (Lipinski definition) is 5. The molecule has 0 unspecified atom stereocenters. The molecule has 24 heavy (non-hydrogen) atoms. The van der Waals surface area contributed by atoms with Crippen molar-refractivity contribution in [3.63, 3.8) is 0 Å². The largest absolute Gasteiger partial charge is 0.381 e. The number of hydrogen-bond donors (Lipinski definition) is 0. The van der Waals surface area contributed by atoms with E-state index in [-0.39, 0.29) is 6.10 Å². The highest BCUT2D eigenvalue weighted by atomic mass is 35.5. The van der Waals surface area contributed by atoms with Crippen LogP contribution in [0.5, 0.6) is 0 Å². The summed E-state index contributed by atoms with van der Waals surface area (Å²) in [5, 5.41) is 5.35. The molecule has 0 aliphatic carbocycles. The van der Waals surface area contributed by atoms with Crippen LogP contribution in [0.25, 0.3) is 11.4 Å². The summed E-state index contributed by atoms with van der Waals surface area (Å²) in [5.74, 6) is 1.58. The molecule has 1 saturated heterocycles. The Morgan fingerprint density at radius 1 is 1.29 bits per heavy atom. The molecule has 1 aromatic heterocycles. The fourth-order valence-electron chi connectivity index (χ4n) is 2.57. The Balaban J connectivity index is 1.79. The van der Waals surface area contributed by atoms with E-state index in [1.165, 1.54) is 0 Å². The first-order chi connectivity index (χ1) is 11.8. The molecule has 3 rings (SSSR count). The van der Waals surface area contributed by atoms with Crippen molar-refractivity contribution >= 4 is 11.6 Å². The molecule has 6 nitrogen and oxygen atoms in total. The van der Waals surface area contributed by atoms with Gasteiger partial charge in [0.05, 0.1) is 33.0 Å². The van der Waals surface area contributed by atoms with Gasteiger partial charge in [0.1, 0.15) is 11.9 Å². The van der Waals surface area contributed by atoms with Crippen LogP contribution in [0.15, 0.2) is 24.3 Å². The predicted octanol–water partition coefficient (Wildman–Crippen LogP) is 2.59. The van der Waals surface area contributed by atoms with E-state index >= 15 is 0 Å². The van der Waals surface area contributed by atoms with E-state index in [0.29, 0.717) is 56.8 Å². The lowest BCUT2D eigenvalue weighted by Crippen LogP contribution is -2.33. The van der Waals surface area contributed by atoms with Crippen LogP contribution in [0.3, 0.4) is 0 Å². The van der Waals surface area contributed by atoms with Crippen molar-refractivity contribution in [2.45, 2.75) is 26.0 Å². The lowest BCUT2D eigenvalue weighted by atomic mass is 10.2. The zero-order valence-electron chi connectivity index (χ0n) is 13.8. The van der Waals surface area contributed by atoms with E-state index in [4.69, 9.17) is 25.8 Å². The molecule has 0 N–H and O–H groups in total. The van der Waals surface area contributed by atoms with Crippen LogP contribution in [0.1, 0.15) is 12.7 Å². The smallest absolute Gasteiger partial charge is 0.181 e. The minimum atomic E-state index is 0.00404. The third-order valence-electron chi connectivity index (χ3n) is 3.79. The molecular formula is C17H22ClN3O3. The summed E-state index contributed by atoms with van der Waals surface area (Å²) in [4.78, 5) is 4.68. The van der Waals surface area contributed by atoms with Crippen molar-refractivity contribution in [1.29, 1.82) is 0 Å². The molecule has 130 valence electrons. The molecule has 0 saturated carbocycles. The van der Waals surface area contributed by atoms with E-state index in [2.05, 4.69) is 10.1 Å². The van der Waals surface area contributed by atoms with Gasteiger partial charge >= 0.3 is 0 Å². The Morgan fingerprint density at radius 2 is 2.12 bits per heavy atom. The Hall–Kier alpha value is -1.47. The molecular weight excluding hydrogens is 330 g/mol. The molecule has 0 bridgehead atoms. The van der Waals surface area contributed by atoms with Crippen molar-refractivity contribution in [1.82, 2.24) is 14.8 Å². The third-order valence-corrected chi connectivity index (χ3v) is 4.04. The monoisotopic (exact) mass is 351 g/mol. The van der Waals surface area contributed by atoms with Crippen LogP contribution in [0.4, 0.5) is 0 Å². The first kappa shape index (κ1) is 17.4. The molecule has 1 atom stereocenters. The van der Waals surface area contributed by atoms with Crippen molar-refractivity contribution in [2.75, 3.05) is 33.0 Å². The van der Waals surface area contributed by atoms with E-state index in [9.17, 15) is 0 Å². The van der Waals surface area contributed by atoms with Gasteiger partial charge < -0.3 is 14.2 Å². The van der Waals surface area contributed by atoms with E-state index < -0.39 is 0 Å². The number of ether oxygens (including phenoxy) is 3. The lowest BCUT2D eigenvalue weighted by Gasteiger charge is -2.23. The first-order valence-corrected chi connectivity index (χ1v) is 8.61. The van der Waals surface area contributed by atoms with Gasteiger partial charge in [0.25, 0.3) is 0 Å². The summed E-state index contributed by atoms with van der Waals surface area (Å²) in [6, 6.07) is 7.54. The Kier molecular flexibility index (Phi) is 6.20. The third kappa shape index (κ3) is 4.54. The van der Waals surface area contributed by atoms with Gasteiger partial charge in [-0.2, -0.15) is 5.10 Å².